The van der Waals surface area contributed by atoms with Gasteiger partial charge in [-0.2, -0.15) is 8.78 Å². The van der Waals surface area contributed by atoms with Crippen LogP contribution in [0.3, 0.4) is 0 Å². The summed E-state index contributed by atoms with van der Waals surface area (Å²) >= 11 is 0. The Hall–Kier alpha value is -2.63. The molecule has 0 aliphatic carbocycles. The normalized spacial score (nSPS) is 11.8. The lowest BCUT2D eigenvalue weighted by Gasteiger charge is -2.16. The van der Waals surface area contributed by atoms with E-state index in [1.54, 1.807) is 31.2 Å². The monoisotopic (exact) mass is 306 g/mol. The molecule has 0 radical (unpaired) electrons. The number of carbonyl (C=O) groups excluding carboxylic acids is 1. The van der Waals surface area contributed by atoms with E-state index in [1.807, 2.05) is 18.2 Å². The number of halogens is 2. The molecule has 0 bridgehead atoms. The second-order valence-electron chi connectivity index (χ2n) is 4.64. The number of alkyl halides is 2. The predicted octanol–water partition coefficient (Wildman–Crippen LogP) is 4.17. The van der Waals surface area contributed by atoms with E-state index in [2.05, 4.69) is 15.4 Å². The molecule has 4 nitrogen and oxygen atoms in total. The molecule has 0 saturated carbocycles. The highest BCUT2D eigenvalue weighted by atomic mass is 19.3. The maximum Gasteiger partial charge on any atom is 0.387 e. The van der Waals surface area contributed by atoms with Gasteiger partial charge < -0.3 is 15.4 Å². The Morgan fingerprint density at radius 1 is 1.09 bits per heavy atom. The van der Waals surface area contributed by atoms with E-state index in [1.165, 1.54) is 12.1 Å². The van der Waals surface area contributed by atoms with E-state index in [0.29, 0.717) is 11.3 Å². The first kappa shape index (κ1) is 15.8. The number of carbonyl (C=O) groups is 1. The summed E-state index contributed by atoms with van der Waals surface area (Å²) in [6, 6.07) is 14.5. The fraction of sp³-hybridized carbons (Fsp3) is 0.188. The van der Waals surface area contributed by atoms with Gasteiger partial charge in [-0.1, -0.05) is 30.3 Å². The van der Waals surface area contributed by atoms with Crippen molar-refractivity contribution in [2.75, 3.05) is 5.32 Å². The second kappa shape index (κ2) is 7.40. The molecule has 0 aromatic heterocycles. The largest absolute Gasteiger partial charge is 0.435 e. The molecule has 0 fully saturated rings. The van der Waals surface area contributed by atoms with Crippen LogP contribution in [0.4, 0.5) is 19.3 Å². The zero-order valence-corrected chi connectivity index (χ0v) is 11.9. The van der Waals surface area contributed by atoms with Gasteiger partial charge in [-0.25, -0.2) is 4.79 Å². The smallest absolute Gasteiger partial charge is 0.387 e. The summed E-state index contributed by atoms with van der Waals surface area (Å²) in [5.41, 5.74) is 1.34. The van der Waals surface area contributed by atoms with Crippen molar-refractivity contribution in [3.63, 3.8) is 0 Å². The van der Waals surface area contributed by atoms with Crippen LogP contribution in [-0.2, 0) is 0 Å². The van der Waals surface area contributed by atoms with Gasteiger partial charge in [0.2, 0.25) is 0 Å². The Labute approximate surface area is 127 Å². The van der Waals surface area contributed by atoms with Crippen molar-refractivity contribution in [2.45, 2.75) is 19.6 Å². The number of hydrogen-bond acceptors (Lipinski definition) is 2. The van der Waals surface area contributed by atoms with Crippen LogP contribution in [0.5, 0.6) is 5.75 Å². The molecule has 2 aromatic rings. The first-order valence-electron chi connectivity index (χ1n) is 6.72. The molecule has 1 atom stereocenters. The number of hydrogen-bond donors (Lipinski definition) is 2. The SMILES string of the molecule is C[C@H](NC(=O)Nc1ccccc1)c1cccc(OC(F)F)c1. The lowest BCUT2D eigenvalue weighted by atomic mass is 10.1. The molecule has 116 valence electrons. The highest BCUT2D eigenvalue weighted by Crippen LogP contribution is 2.20. The minimum absolute atomic E-state index is 0.0598. The van der Waals surface area contributed by atoms with Crippen LogP contribution in [-0.4, -0.2) is 12.6 Å². The number of amides is 2. The van der Waals surface area contributed by atoms with Gasteiger partial charge >= 0.3 is 12.6 Å². The van der Waals surface area contributed by atoms with Crippen molar-refractivity contribution >= 4 is 11.7 Å². The van der Waals surface area contributed by atoms with Gasteiger partial charge in [0.1, 0.15) is 5.75 Å². The van der Waals surface area contributed by atoms with Crippen molar-refractivity contribution in [3.8, 4) is 5.75 Å². The molecule has 0 aliphatic rings. The van der Waals surface area contributed by atoms with Crippen LogP contribution >= 0.6 is 0 Å². The van der Waals surface area contributed by atoms with Crippen molar-refractivity contribution in [1.29, 1.82) is 0 Å². The van der Waals surface area contributed by atoms with E-state index in [0.717, 1.165) is 0 Å². The van der Waals surface area contributed by atoms with Crippen molar-refractivity contribution < 1.29 is 18.3 Å². The lowest BCUT2D eigenvalue weighted by molar-refractivity contribution is -0.0499. The third-order valence-corrected chi connectivity index (χ3v) is 2.96. The number of urea groups is 1. The van der Waals surface area contributed by atoms with Gasteiger partial charge in [-0.15, -0.1) is 0 Å². The molecule has 0 aliphatic heterocycles. The van der Waals surface area contributed by atoms with Crippen molar-refractivity contribution in [2.24, 2.45) is 0 Å². The number of rotatable bonds is 5. The van der Waals surface area contributed by atoms with Gasteiger partial charge in [-0.3, -0.25) is 0 Å². The first-order valence-corrected chi connectivity index (χ1v) is 6.72. The zero-order chi connectivity index (χ0) is 15.9. The van der Waals surface area contributed by atoms with Crippen LogP contribution in [0.25, 0.3) is 0 Å². The first-order chi connectivity index (χ1) is 10.5. The molecular weight excluding hydrogens is 290 g/mol. The molecule has 0 unspecified atom stereocenters. The fourth-order valence-electron chi connectivity index (χ4n) is 1.93. The fourth-order valence-corrected chi connectivity index (χ4v) is 1.93. The van der Waals surface area contributed by atoms with E-state index < -0.39 is 6.61 Å². The van der Waals surface area contributed by atoms with Gasteiger partial charge in [0, 0.05) is 5.69 Å². The van der Waals surface area contributed by atoms with Gasteiger partial charge in [-0.05, 0) is 36.8 Å². The molecular formula is C16H16F2N2O2. The highest BCUT2D eigenvalue weighted by molar-refractivity contribution is 5.89. The predicted molar refractivity (Wildman–Crippen MR) is 80.1 cm³/mol. The maximum absolute atomic E-state index is 12.2. The standard InChI is InChI=1S/C16H16F2N2O2/c1-11(12-6-5-9-14(10-12)22-15(17)18)19-16(21)20-13-7-3-2-4-8-13/h2-11,15H,1H3,(H2,19,20,21)/t11-/m0/s1. The molecule has 2 rings (SSSR count). The summed E-state index contributed by atoms with van der Waals surface area (Å²) in [5.74, 6) is 0.0598. The van der Waals surface area contributed by atoms with E-state index in [9.17, 15) is 13.6 Å². The van der Waals surface area contributed by atoms with Crippen LogP contribution < -0.4 is 15.4 Å². The molecule has 2 amide bonds. The summed E-state index contributed by atoms with van der Waals surface area (Å²) in [6.45, 7) is -1.12. The van der Waals surface area contributed by atoms with Gasteiger partial charge in [0.05, 0.1) is 6.04 Å². The number of benzene rings is 2. The Morgan fingerprint density at radius 3 is 2.50 bits per heavy atom. The van der Waals surface area contributed by atoms with Crippen LogP contribution in [0.15, 0.2) is 54.6 Å². The third-order valence-electron chi connectivity index (χ3n) is 2.96. The quantitative estimate of drug-likeness (QED) is 0.871. The maximum atomic E-state index is 12.2. The molecule has 2 N–H and O–H groups in total. The Balaban J connectivity index is 1.96. The molecule has 2 aromatic carbocycles. The molecule has 22 heavy (non-hydrogen) atoms. The molecule has 0 spiro atoms. The summed E-state index contributed by atoms with van der Waals surface area (Å²) in [6.07, 6.45) is 0. The Kier molecular flexibility index (Phi) is 5.30. The minimum atomic E-state index is -2.88. The van der Waals surface area contributed by atoms with E-state index in [-0.39, 0.29) is 17.8 Å². The summed E-state index contributed by atoms with van der Waals surface area (Å²) < 4.78 is 28.8. The molecule has 6 heteroatoms. The van der Waals surface area contributed by atoms with Crippen molar-refractivity contribution in [1.82, 2.24) is 5.32 Å². The highest BCUT2D eigenvalue weighted by Gasteiger charge is 2.11. The number of nitrogens with one attached hydrogen (secondary N) is 2. The average Bonchev–Trinajstić information content (AvgIpc) is 2.47. The van der Waals surface area contributed by atoms with Crippen LogP contribution in [0.1, 0.15) is 18.5 Å². The topological polar surface area (TPSA) is 50.4 Å². The zero-order valence-electron chi connectivity index (χ0n) is 11.9. The molecule has 0 saturated heterocycles. The minimum Gasteiger partial charge on any atom is -0.435 e. The summed E-state index contributed by atoms with van der Waals surface area (Å²) in [5, 5.41) is 5.42. The summed E-state index contributed by atoms with van der Waals surface area (Å²) in [4.78, 5) is 11.9. The Bertz CT molecular complexity index is 621. The van der Waals surface area contributed by atoms with E-state index in [4.69, 9.17) is 0 Å². The third kappa shape index (κ3) is 4.73. The number of para-hydroxylation sites is 1. The lowest BCUT2D eigenvalue weighted by Crippen LogP contribution is -2.31. The van der Waals surface area contributed by atoms with Crippen LogP contribution in [0.2, 0.25) is 0 Å². The molecule has 0 heterocycles. The number of anilines is 1. The average molecular weight is 306 g/mol. The van der Waals surface area contributed by atoms with Gasteiger partial charge in [0.15, 0.2) is 0 Å². The summed E-state index contributed by atoms with van der Waals surface area (Å²) in [7, 11) is 0. The second-order valence-corrected chi connectivity index (χ2v) is 4.64. The number of ether oxygens (including phenoxy) is 1. The van der Waals surface area contributed by atoms with E-state index >= 15 is 0 Å². The van der Waals surface area contributed by atoms with Crippen molar-refractivity contribution in [3.05, 3.63) is 60.2 Å². The van der Waals surface area contributed by atoms with Crippen LogP contribution in [0, 0.1) is 0 Å². The van der Waals surface area contributed by atoms with Gasteiger partial charge in [0.25, 0.3) is 0 Å². The Morgan fingerprint density at radius 2 is 1.82 bits per heavy atom.